The molecule has 1 N–H and O–H groups in total. The standard InChI is InChI=1S/C21H14ClN3O4/c1-13-9-19(25-29-13)24-20(26)16(12-23)10-14-7-8-18(17(22)11-14)28-21(27)15-5-3-2-4-6-15/h2-11H,1H3,(H,24,25,26)/b16-10-. The fourth-order valence-electron chi connectivity index (χ4n) is 2.35. The second kappa shape index (κ2) is 8.87. The van der Waals surface area contributed by atoms with Crippen LogP contribution in [0.15, 0.2) is 64.7 Å². The zero-order chi connectivity index (χ0) is 20.8. The number of ether oxygens (including phenoxy) is 1. The molecule has 0 aliphatic heterocycles. The Morgan fingerprint density at radius 2 is 1.97 bits per heavy atom. The van der Waals surface area contributed by atoms with E-state index in [1.165, 1.54) is 24.3 Å². The predicted molar refractivity (Wildman–Crippen MR) is 106 cm³/mol. The Labute approximate surface area is 171 Å². The molecule has 8 heteroatoms. The molecule has 1 heterocycles. The van der Waals surface area contributed by atoms with E-state index in [-0.39, 0.29) is 22.2 Å². The minimum atomic E-state index is -0.642. The van der Waals surface area contributed by atoms with Gasteiger partial charge in [-0.25, -0.2) is 4.79 Å². The van der Waals surface area contributed by atoms with Crippen molar-refractivity contribution in [3.63, 3.8) is 0 Å². The molecule has 2 aromatic carbocycles. The van der Waals surface area contributed by atoms with Crippen LogP contribution in [0, 0.1) is 18.3 Å². The lowest BCUT2D eigenvalue weighted by atomic mass is 10.1. The lowest BCUT2D eigenvalue weighted by Gasteiger charge is -2.07. The molecular weight excluding hydrogens is 394 g/mol. The molecule has 144 valence electrons. The van der Waals surface area contributed by atoms with E-state index in [1.54, 1.807) is 43.3 Å². The maximum atomic E-state index is 12.2. The number of nitriles is 1. The molecule has 0 saturated heterocycles. The quantitative estimate of drug-likeness (QED) is 0.291. The first-order valence-electron chi connectivity index (χ1n) is 8.39. The Morgan fingerprint density at radius 3 is 2.59 bits per heavy atom. The molecule has 0 spiro atoms. The number of halogens is 1. The summed E-state index contributed by atoms with van der Waals surface area (Å²) in [7, 11) is 0. The van der Waals surface area contributed by atoms with Crippen molar-refractivity contribution in [3.8, 4) is 11.8 Å². The average Bonchev–Trinajstić information content (AvgIpc) is 3.13. The number of rotatable bonds is 5. The number of amides is 1. The number of nitrogens with one attached hydrogen (secondary N) is 1. The topological polar surface area (TPSA) is 105 Å². The van der Waals surface area contributed by atoms with Crippen molar-refractivity contribution < 1.29 is 18.8 Å². The molecule has 0 atom stereocenters. The van der Waals surface area contributed by atoms with E-state index < -0.39 is 11.9 Å². The first-order chi connectivity index (χ1) is 14.0. The monoisotopic (exact) mass is 407 g/mol. The van der Waals surface area contributed by atoms with Gasteiger partial charge in [-0.15, -0.1) is 0 Å². The van der Waals surface area contributed by atoms with E-state index >= 15 is 0 Å². The third kappa shape index (κ3) is 5.09. The Balaban J connectivity index is 1.75. The molecule has 0 unspecified atom stereocenters. The Hall–Kier alpha value is -3.89. The molecule has 7 nitrogen and oxygen atoms in total. The summed E-state index contributed by atoms with van der Waals surface area (Å²) in [5.41, 5.74) is 0.715. The smallest absolute Gasteiger partial charge is 0.343 e. The molecule has 0 radical (unpaired) electrons. The van der Waals surface area contributed by atoms with Crippen LogP contribution < -0.4 is 10.1 Å². The van der Waals surface area contributed by atoms with Crippen LogP contribution in [-0.4, -0.2) is 17.0 Å². The maximum absolute atomic E-state index is 12.2. The van der Waals surface area contributed by atoms with Gasteiger partial charge < -0.3 is 14.6 Å². The van der Waals surface area contributed by atoms with Gasteiger partial charge in [-0.2, -0.15) is 5.26 Å². The zero-order valence-corrected chi connectivity index (χ0v) is 15.9. The van der Waals surface area contributed by atoms with Crippen LogP contribution in [0.5, 0.6) is 5.75 Å². The van der Waals surface area contributed by atoms with Crippen molar-refractivity contribution in [2.45, 2.75) is 6.92 Å². The summed E-state index contributed by atoms with van der Waals surface area (Å²) >= 11 is 6.19. The number of hydrogen-bond acceptors (Lipinski definition) is 6. The van der Waals surface area contributed by atoms with Gasteiger partial charge in [0.1, 0.15) is 23.2 Å². The molecule has 0 fully saturated rings. The number of anilines is 1. The van der Waals surface area contributed by atoms with Crippen LogP contribution in [0.1, 0.15) is 21.7 Å². The largest absolute Gasteiger partial charge is 0.421 e. The molecule has 0 bridgehead atoms. The maximum Gasteiger partial charge on any atom is 0.343 e. The Kier molecular flexibility index (Phi) is 6.07. The average molecular weight is 408 g/mol. The normalized spacial score (nSPS) is 10.9. The summed E-state index contributed by atoms with van der Waals surface area (Å²) in [4.78, 5) is 24.4. The van der Waals surface area contributed by atoms with E-state index in [9.17, 15) is 14.9 Å². The van der Waals surface area contributed by atoms with Gasteiger partial charge in [0.25, 0.3) is 5.91 Å². The minimum absolute atomic E-state index is 0.157. The number of carbonyl (C=O) groups is 2. The van der Waals surface area contributed by atoms with Crippen LogP contribution in [0.25, 0.3) is 6.08 Å². The van der Waals surface area contributed by atoms with E-state index in [0.717, 1.165) is 0 Å². The van der Waals surface area contributed by atoms with E-state index in [1.807, 2.05) is 6.07 Å². The lowest BCUT2D eigenvalue weighted by molar-refractivity contribution is -0.112. The number of aromatic nitrogens is 1. The van der Waals surface area contributed by atoms with Crippen molar-refractivity contribution in [2.24, 2.45) is 0 Å². The number of aryl methyl sites for hydroxylation is 1. The first-order valence-corrected chi connectivity index (χ1v) is 8.77. The lowest BCUT2D eigenvalue weighted by Crippen LogP contribution is -2.13. The third-order valence-electron chi connectivity index (χ3n) is 3.71. The molecule has 0 aliphatic rings. The molecular formula is C21H14ClN3O4. The van der Waals surface area contributed by atoms with Crippen LogP contribution in [0.4, 0.5) is 5.82 Å². The number of esters is 1. The summed E-state index contributed by atoms with van der Waals surface area (Å²) in [5.74, 6) is -0.295. The van der Waals surface area contributed by atoms with Crippen LogP contribution in [0.2, 0.25) is 5.02 Å². The summed E-state index contributed by atoms with van der Waals surface area (Å²) in [6, 6.07) is 16.4. The van der Waals surface area contributed by atoms with Gasteiger partial charge in [-0.05, 0) is 42.8 Å². The van der Waals surface area contributed by atoms with E-state index in [2.05, 4.69) is 10.5 Å². The van der Waals surface area contributed by atoms with Gasteiger partial charge in [0.15, 0.2) is 5.82 Å². The summed E-state index contributed by atoms with van der Waals surface area (Å²) in [5, 5.41) is 15.6. The first kappa shape index (κ1) is 19.9. The van der Waals surface area contributed by atoms with Gasteiger partial charge in [-0.3, -0.25) is 4.79 Å². The molecule has 0 saturated carbocycles. The van der Waals surface area contributed by atoms with Gasteiger partial charge in [0, 0.05) is 6.07 Å². The summed E-state index contributed by atoms with van der Waals surface area (Å²) < 4.78 is 10.2. The zero-order valence-electron chi connectivity index (χ0n) is 15.2. The summed E-state index contributed by atoms with van der Waals surface area (Å²) in [6.07, 6.45) is 1.36. The van der Waals surface area contributed by atoms with Crippen molar-refractivity contribution >= 4 is 35.4 Å². The van der Waals surface area contributed by atoms with Crippen molar-refractivity contribution in [1.82, 2.24) is 5.16 Å². The molecule has 1 amide bonds. The van der Waals surface area contributed by atoms with Crippen LogP contribution in [-0.2, 0) is 4.79 Å². The number of carbonyl (C=O) groups excluding carboxylic acids is 2. The Morgan fingerprint density at radius 1 is 1.21 bits per heavy atom. The Bertz CT molecular complexity index is 1130. The number of nitrogens with zero attached hydrogens (tertiary/aromatic N) is 2. The second-order valence-corrected chi connectivity index (χ2v) is 6.30. The molecule has 1 aromatic heterocycles. The predicted octanol–water partition coefficient (Wildman–Crippen LogP) is 4.40. The highest BCUT2D eigenvalue weighted by atomic mass is 35.5. The second-order valence-electron chi connectivity index (χ2n) is 5.89. The fourth-order valence-corrected chi connectivity index (χ4v) is 2.57. The highest BCUT2D eigenvalue weighted by molar-refractivity contribution is 6.32. The van der Waals surface area contributed by atoms with Gasteiger partial charge in [-0.1, -0.05) is 41.0 Å². The van der Waals surface area contributed by atoms with E-state index in [0.29, 0.717) is 16.9 Å². The van der Waals surface area contributed by atoms with Crippen molar-refractivity contribution in [2.75, 3.05) is 5.32 Å². The highest BCUT2D eigenvalue weighted by Crippen LogP contribution is 2.27. The minimum Gasteiger partial charge on any atom is -0.421 e. The fraction of sp³-hybridized carbons (Fsp3) is 0.0476. The molecule has 3 aromatic rings. The van der Waals surface area contributed by atoms with Gasteiger partial charge in [0.05, 0.1) is 10.6 Å². The van der Waals surface area contributed by atoms with Crippen LogP contribution in [0.3, 0.4) is 0 Å². The number of benzene rings is 2. The van der Waals surface area contributed by atoms with E-state index in [4.69, 9.17) is 20.9 Å². The number of hydrogen-bond donors (Lipinski definition) is 1. The third-order valence-corrected chi connectivity index (χ3v) is 4.01. The van der Waals surface area contributed by atoms with Gasteiger partial charge >= 0.3 is 5.97 Å². The molecule has 3 rings (SSSR count). The summed E-state index contributed by atoms with van der Waals surface area (Å²) in [6.45, 7) is 1.68. The molecule has 29 heavy (non-hydrogen) atoms. The van der Waals surface area contributed by atoms with Crippen molar-refractivity contribution in [1.29, 1.82) is 5.26 Å². The molecule has 0 aliphatic carbocycles. The SMILES string of the molecule is Cc1cc(NC(=O)/C(C#N)=C\c2ccc(OC(=O)c3ccccc3)c(Cl)c2)no1. The highest BCUT2D eigenvalue weighted by Gasteiger charge is 2.14. The van der Waals surface area contributed by atoms with Gasteiger partial charge in [0.2, 0.25) is 0 Å². The van der Waals surface area contributed by atoms with Crippen LogP contribution >= 0.6 is 11.6 Å². The van der Waals surface area contributed by atoms with Crippen molar-refractivity contribution in [3.05, 3.63) is 82.1 Å².